The van der Waals surface area contributed by atoms with Gasteiger partial charge in [-0.15, -0.1) is 0 Å². The molecule has 0 saturated carbocycles. The van der Waals surface area contributed by atoms with Gasteiger partial charge in [0.1, 0.15) is 11.3 Å². The van der Waals surface area contributed by atoms with Gasteiger partial charge in [-0.25, -0.2) is 0 Å². The number of methoxy groups -OCH3 is 3. The number of benzene rings is 2. The Labute approximate surface area is 134 Å². The third kappa shape index (κ3) is 3.45. The highest BCUT2D eigenvalue weighted by atomic mass is 16.5. The summed E-state index contributed by atoms with van der Waals surface area (Å²) >= 11 is 0. The maximum Gasteiger partial charge on any atom is 0.204 e. The number of aromatic hydroxyl groups is 1. The first-order chi connectivity index (χ1) is 11.1. The zero-order valence-corrected chi connectivity index (χ0v) is 13.2. The predicted octanol–water partition coefficient (Wildman–Crippen LogP) is 3.31. The van der Waals surface area contributed by atoms with E-state index in [0.29, 0.717) is 0 Å². The average molecular weight is 314 g/mol. The van der Waals surface area contributed by atoms with E-state index in [-0.39, 0.29) is 28.6 Å². The van der Waals surface area contributed by atoms with E-state index >= 15 is 0 Å². The van der Waals surface area contributed by atoms with Gasteiger partial charge in [0.2, 0.25) is 5.75 Å². The SMILES string of the molecule is COc1cc(OC)c(C(=O)/C=C\c2ccccc2)c(O)c1OC. The molecule has 0 aliphatic carbocycles. The van der Waals surface area contributed by atoms with Crippen molar-refractivity contribution >= 4 is 11.9 Å². The van der Waals surface area contributed by atoms with Crippen LogP contribution in [0, 0.1) is 0 Å². The molecule has 1 N–H and O–H groups in total. The van der Waals surface area contributed by atoms with Crippen molar-refractivity contribution in [2.75, 3.05) is 21.3 Å². The van der Waals surface area contributed by atoms with Gasteiger partial charge in [0.05, 0.1) is 21.3 Å². The Morgan fingerprint density at radius 1 is 1.00 bits per heavy atom. The topological polar surface area (TPSA) is 65.0 Å². The highest BCUT2D eigenvalue weighted by Crippen LogP contribution is 2.44. The molecular weight excluding hydrogens is 296 g/mol. The van der Waals surface area contributed by atoms with Crippen LogP contribution in [0.25, 0.3) is 6.08 Å². The Balaban J connectivity index is 2.45. The molecule has 23 heavy (non-hydrogen) atoms. The summed E-state index contributed by atoms with van der Waals surface area (Å²) in [5.41, 5.74) is 0.900. The lowest BCUT2D eigenvalue weighted by atomic mass is 10.1. The Bertz CT molecular complexity index is 720. The van der Waals surface area contributed by atoms with Crippen molar-refractivity contribution in [3.63, 3.8) is 0 Å². The zero-order valence-electron chi connectivity index (χ0n) is 13.2. The molecule has 5 nitrogen and oxygen atoms in total. The summed E-state index contributed by atoms with van der Waals surface area (Å²) < 4.78 is 15.4. The lowest BCUT2D eigenvalue weighted by Gasteiger charge is -2.15. The minimum atomic E-state index is -0.399. The lowest BCUT2D eigenvalue weighted by molar-refractivity contribution is 0.104. The van der Waals surface area contributed by atoms with Gasteiger partial charge in [-0.3, -0.25) is 4.79 Å². The summed E-state index contributed by atoms with van der Waals surface area (Å²) in [6.45, 7) is 0. The summed E-state index contributed by atoms with van der Waals surface area (Å²) in [4.78, 5) is 12.5. The Morgan fingerprint density at radius 3 is 2.22 bits per heavy atom. The quantitative estimate of drug-likeness (QED) is 0.654. The van der Waals surface area contributed by atoms with Crippen LogP contribution in [0.2, 0.25) is 0 Å². The maximum absolute atomic E-state index is 12.5. The molecule has 0 radical (unpaired) electrons. The van der Waals surface area contributed by atoms with E-state index in [9.17, 15) is 9.90 Å². The molecule has 2 rings (SSSR count). The molecule has 0 saturated heterocycles. The van der Waals surface area contributed by atoms with Crippen LogP contribution in [0.5, 0.6) is 23.0 Å². The predicted molar refractivity (Wildman–Crippen MR) is 87.6 cm³/mol. The fraction of sp³-hybridized carbons (Fsp3) is 0.167. The van der Waals surface area contributed by atoms with Crippen molar-refractivity contribution < 1.29 is 24.1 Å². The van der Waals surface area contributed by atoms with Crippen LogP contribution in [0.4, 0.5) is 0 Å². The smallest absolute Gasteiger partial charge is 0.204 e. The van der Waals surface area contributed by atoms with Crippen LogP contribution in [0.15, 0.2) is 42.5 Å². The van der Waals surface area contributed by atoms with E-state index in [1.54, 1.807) is 6.08 Å². The second-order valence-corrected chi connectivity index (χ2v) is 4.65. The van der Waals surface area contributed by atoms with Crippen molar-refractivity contribution in [3.8, 4) is 23.0 Å². The van der Waals surface area contributed by atoms with Gasteiger partial charge < -0.3 is 19.3 Å². The lowest BCUT2D eigenvalue weighted by Crippen LogP contribution is -2.03. The molecule has 0 atom stereocenters. The molecule has 5 heteroatoms. The fourth-order valence-electron chi connectivity index (χ4n) is 2.17. The summed E-state index contributed by atoms with van der Waals surface area (Å²) in [6.07, 6.45) is 3.04. The molecule has 2 aromatic rings. The number of carbonyl (C=O) groups excluding carboxylic acids is 1. The van der Waals surface area contributed by atoms with E-state index in [4.69, 9.17) is 14.2 Å². The van der Waals surface area contributed by atoms with Gasteiger partial charge in [0.15, 0.2) is 17.3 Å². The number of ketones is 1. The third-order valence-corrected chi connectivity index (χ3v) is 3.30. The van der Waals surface area contributed by atoms with Crippen molar-refractivity contribution in [1.29, 1.82) is 0 Å². The minimum absolute atomic E-state index is 0.0253. The fourth-order valence-corrected chi connectivity index (χ4v) is 2.17. The highest BCUT2D eigenvalue weighted by Gasteiger charge is 2.23. The van der Waals surface area contributed by atoms with Crippen molar-refractivity contribution in [2.45, 2.75) is 0 Å². The second-order valence-electron chi connectivity index (χ2n) is 4.65. The van der Waals surface area contributed by atoms with Crippen LogP contribution in [-0.2, 0) is 0 Å². The first-order valence-corrected chi connectivity index (χ1v) is 6.91. The number of ether oxygens (including phenoxy) is 3. The van der Waals surface area contributed by atoms with Crippen LogP contribution in [0.1, 0.15) is 15.9 Å². The minimum Gasteiger partial charge on any atom is -0.504 e. The molecule has 0 fully saturated rings. The second kappa shape index (κ2) is 7.35. The first-order valence-electron chi connectivity index (χ1n) is 6.91. The number of phenols is 1. The van der Waals surface area contributed by atoms with Gasteiger partial charge in [-0.2, -0.15) is 0 Å². The highest BCUT2D eigenvalue weighted by molar-refractivity contribution is 6.11. The standard InChI is InChI=1S/C18H18O5/c1-21-14-11-15(22-2)18(23-3)17(20)16(14)13(19)10-9-12-7-5-4-6-8-12/h4-11,20H,1-3H3/b10-9-. The molecule has 120 valence electrons. The van der Waals surface area contributed by atoms with Gasteiger partial charge in [0.25, 0.3) is 0 Å². The maximum atomic E-state index is 12.5. The third-order valence-electron chi connectivity index (χ3n) is 3.30. The average Bonchev–Trinajstić information content (AvgIpc) is 2.59. The molecule has 0 bridgehead atoms. The number of hydrogen-bond acceptors (Lipinski definition) is 5. The molecule has 0 aliphatic rings. The van der Waals surface area contributed by atoms with Crippen molar-refractivity contribution in [3.05, 3.63) is 53.6 Å². The summed E-state index contributed by atoms with van der Waals surface area (Å²) in [6, 6.07) is 10.9. The van der Waals surface area contributed by atoms with Crippen molar-refractivity contribution in [2.24, 2.45) is 0 Å². The van der Waals surface area contributed by atoms with E-state index in [1.807, 2.05) is 30.3 Å². The Morgan fingerprint density at radius 2 is 1.65 bits per heavy atom. The number of allylic oxidation sites excluding steroid dienone is 1. The number of carbonyl (C=O) groups is 1. The van der Waals surface area contributed by atoms with E-state index in [2.05, 4.69) is 0 Å². The van der Waals surface area contributed by atoms with Gasteiger partial charge >= 0.3 is 0 Å². The molecule has 0 spiro atoms. The van der Waals surface area contributed by atoms with Gasteiger partial charge in [-0.05, 0) is 11.6 Å². The summed E-state index contributed by atoms with van der Waals surface area (Å²) in [5.74, 6) is -0.131. The zero-order chi connectivity index (χ0) is 16.8. The van der Waals surface area contributed by atoms with E-state index in [1.165, 1.54) is 33.5 Å². The number of phenolic OH excluding ortho intramolecular Hbond substituents is 1. The number of hydrogen-bond donors (Lipinski definition) is 1. The van der Waals surface area contributed by atoms with Crippen LogP contribution in [-0.4, -0.2) is 32.2 Å². The Kier molecular flexibility index (Phi) is 5.25. The molecule has 0 amide bonds. The molecule has 0 aliphatic heterocycles. The summed E-state index contributed by atoms with van der Waals surface area (Å²) in [7, 11) is 4.24. The monoisotopic (exact) mass is 314 g/mol. The number of rotatable bonds is 6. The van der Waals surface area contributed by atoms with Crippen LogP contribution in [0.3, 0.4) is 0 Å². The molecule has 0 heterocycles. The van der Waals surface area contributed by atoms with Gasteiger partial charge in [-0.1, -0.05) is 36.4 Å². The first kappa shape index (κ1) is 16.4. The molecule has 2 aromatic carbocycles. The molecule has 0 unspecified atom stereocenters. The largest absolute Gasteiger partial charge is 0.504 e. The molecule has 0 aromatic heterocycles. The van der Waals surface area contributed by atoms with E-state index in [0.717, 1.165) is 5.56 Å². The normalized spacial score (nSPS) is 10.6. The summed E-state index contributed by atoms with van der Waals surface area (Å²) in [5, 5.41) is 10.3. The Hall–Kier alpha value is -2.95. The van der Waals surface area contributed by atoms with E-state index < -0.39 is 5.78 Å². The van der Waals surface area contributed by atoms with Crippen LogP contribution < -0.4 is 14.2 Å². The van der Waals surface area contributed by atoms with Gasteiger partial charge in [0, 0.05) is 6.07 Å². The van der Waals surface area contributed by atoms with Crippen molar-refractivity contribution in [1.82, 2.24) is 0 Å². The van der Waals surface area contributed by atoms with Crippen LogP contribution >= 0.6 is 0 Å². The molecular formula is C18H18O5.